The molecule has 1 aromatic carbocycles. The van der Waals surface area contributed by atoms with Crippen molar-refractivity contribution in [3.63, 3.8) is 0 Å². The molecule has 0 radical (unpaired) electrons. The largest absolute Gasteiger partial charge is 0.481 e. The van der Waals surface area contributed by atoms with Crippen LogP contribution in [0.5, 0.6) is 0 Å². The number of halogens is 1. The molecular formula is C17H15ClN4O3. The van der Waals surface area contributed by atoms with E-state index in [2.05, 4.69) is 15.4 Å². The second kappa shape index (κ2) is 6.00. The molecule has 1 saturated carbocycles. The van der Waals surface area contributed by atoms with Crippen LogP contribution in [0.25, 0.3) is 5.69 Å². The van der Waals surface area contributed by atoms with Crippen molar-refractivity contribution < 1.29 is 14.7 Å². The first-order chi connectivity index (χ1) is 12.0. The standard InChI is InChI=1S/C17H15ClN4O3/c18-11-3-4-13(22-8-19-7-20-22)12(6-11)21-16(23)14-9-1-2-10(5-9)15(14)17(24)25/h1-4,6-10,14-15H,5H2,(H,21,23)(H,24,25)/t9-,10-,14-,15-/m0/s1. The van der Waals surface area contributed by atoms with Gasteiger partial charge in [0.05, 0.1) is 23.2 Å². The number of benzene rings is 1. The van der Waals surface area contributed by atoms with E-state index in [1.165, 1.54) is 17.3 Å². The molecule has 0 saturated heterocycles. The Hall–Kier alpha value is -2.67. The van der Waals surface area contributed by atoms with Gasteiger partial charge in [-0.2, -0.15) is 5.10 Å². The van der Waals surface area contributed by atoms with Gasteiger partial charge < -0.3 is 10.4 Å². The van der Waals surface area contributed by atoms with E-state index in [-0.39, 0.29) is 17.7 Å². The van der Waals surface area contributed by atoms with Crippen LogP contribution in [-0.4, -0.2) is 31.7 Å². The number of rotatable bonds is 4. The number of hydrogen-bond acceptors (Lipinski definition) is 4. The van der Waals surface area contributed by atoms with Crippen molar-refractivity contribution in [1.29, 1.82) is 0 Å². The van der Waals surface area contributed by atoms with Gasteiger partial charge in [-0.05, 0) is 36.5 Å². The van der Waals surface area contributed by atoms with Crippen molar-refractivity contribution >= 4 is 29.2 Å². The van der Waals surface area contributed by atoms with Crippen LogP contribution in [0.2, 0.25) is 5.02 Å². The number of nitrogens with one attached hydrogen (secondary N) is 1. The molecule has 2 N–H and O–H groups in total. The lowest BCUT2D eigenvalue weighted by atomic mass is 9.82. The number of carboxylic acid groups (broad SMARTS) is 1. The Labute approximate surface area is 148 Å². The van der Waals surface area contributed by atoms with E-state index in [9.17, 15) is 14.7 Å². The van der Waals surface area contributed by atoms with Gasteiger partial charge in [-0.25, -0.2) is 9.67 Å². The van der Waals surface area contributed by atoms with E-state index in [1.54, 1.807) is 18.2 Å². The number of fused-ring (bicyclic) bond motifs is 2. The molecule has 1 fully saturated rings. The molecule has 8 heteroatoms. The highest BCUT2D eigenvalue weighted by Gasteiger charge is 2.51. The molecule has 1 amide bonds. The summed E-state index contributed by atoms with van der Waals surface area (Å²) in [5.41, 5.74) is 1.08. The molecule has 7 nitrogen and oxygen atoms in total. The number of carboxylic acids is 1. The molecule has 2 aliphatic carbocycles. The van der Waals surface area contributed by atoms with Crippen molar-refractivity contribution in [2.45, 2.75) is 6.42 Å². The molecule has 0 aliphatic heterocycles. The summed E-state index contributed by atoms with van der Waals surface area (Å²) >= 11 is 6.06. The summed E-state index contributed by atoms with van der Waals surface area (Å²) in [7, 11) is 0. The maximum absolute atomic E-state index is 12.9. The topological polar surface area (TPSA) is 97.1 Å². The van der Waals surface area contributed by atoms with Gasteiger partial charge in [0.15, 0.2) is 0 Å². The fraction of sp³-hybridized carbons (Fsp3) is 0.294. The van der Waals surface area contributed by atoms with E-state index >= 15 is 0 Å². The molecule has 0 unspecified atom stereocenters. The van der Waals surface area contributed by atoms with Crippen LogP contribution in [0.3, 0.4) is 0 Å². The predicted octanol–water partition coefficient (Wildman–Crippen LogP) is 2.38. The Bertz CT molecular complexity index is 865. The van der Waals surface area contributed by atoms with Crippen LogP contribution in [0.15, 0.2) is 43.0 Å². The summed E-state index contributed by atoms with van der Waals surface area (Å²) in [4.78, 5) is 28.4. The first-order valence-electron chi connectivity index (χ1n) is 7.91. The van der Waals surface area contributed by atoms with Gasteiger partial charge in [0, 0.05) is 5.02 Å². The van der Waals surface area contributed by atoms with E-state index in [4.69, 9.17) is 11.6 Å². The smallest absolute Gasteiger partial charge is 0.307 e. The maximum atomic E-state index is 12.9. The Morgan fingerprint density at radius 3 is 2.68 bits per heavy atom. The molecule has 2 bridgehead atoms. The number of amides is 1. The summed E-state index contributed by atoms with van der Waals surface area (Å²) < 4.78 is 1.52. The van der Waals surface area contributed by atoms with Gasteiger partial charge in [-0.15, -0.1) is 0 Å². The second-order valence-corrected chi connectivity index (χ2v) is 6.77. The molecule has 0 spiro atoms. The highest BCUT2D eigenvalue weighted by atomic mass is 35.5. The molecule has 1 heterocycles. The van der Waals surface area contributed by atoms with Crippen LogP contribution in [-0.2, 0) is 9.59 Å². The number of aromatic nitrogens is 3. The Kier molecular flexibility index (Phi) is 3.80. The quantitative estimate of drug-likeness (QED) is 0.818. The summed E-state index contributed by atoms with van der Waals surface area (Å²) in [5, 5.41) is 16.9. The first kappa shape index (κ1) is 15.8. The molecular weight excluding hydrogens is 344 g/mol. The maximum Gasteiger partial charge on any atom is 0.307 e. The summed E-state index contributed by atoms with van der Waals surface area (Å²) in [6.45, 7) is 0. The van der Waals surface area contributed by atoms with Crippen LogP contribution in [0, 0.1) is 23.7 Å². The summed E-state index contributed by atoms with van der Waals surface area (Å²) in [5.74, 6) is -2.64. The van der Waals surface area contributed by atoms with Gasteiger partial charge in [0.25, 0.3) is 0 Å². The number of hydrogen-bond donors (Lipinski definition) is 2. The van der Waals surface area contributed by atoms with E-state index in [0.717, 1.165) is 0 Å². The Morgan fingerprint density at radius 2 is 2.00 bits per heavy atom. The number of aliphatic carboxylic acids is 1. The SMILES string of the molecule is O=C(O)[C@@H]1[C@@H](C(=O)Nc2cc(Cl)ccc2-n2cncn2)[C@H]2C=C[C@H]1C2. The average molecular weight is 359 g/mol. The lowest BCUT2D eigenvalue weighted by Gasteiger charge is -2.24. The number of allylic oxidation sites excluding steroid dienone is 2. The molecule has 128 valence electrons. The van der Waals surface area contributed by atoms with Gasteiger partial charge >= 0.3 is 5.97 Å². The molecule has 1 aromatic heterocycles. The molecule has 2 aromatic rings. The normalized spacial score (nSPS) is 26.8. The molecule has 4 rings (SSSR count). The van der Waals surface area contributed by atoms with Crippen LogP contribution < -0.4 is 5.32 Å². The van der Waals surface area contributed by atoms with Crippen molar-refractivity contribution in [3.8, 4) is 5.69 Å². The van der Waals surface area contributed by atoms with Crippen molar-refractivity contribution in [2.75, 3.05) is 5.32 Å². The minimum absolute atomic E-state index is 0.0416. The number of carbonyl (C=O) groups excluding carboxylic acids is 1. The number of nitrogens with zero attached hydrogens (tertiary/aromatic N) is 3. The van der Waals surface area contributed by atoms with E-state index in [1.807, 2.05) is 12.2 Å². The Morgan fingerprint density at radius 1 is 1.24 bits per heavy atom. The monoisotopic (exact) mass is 358 g/mol. The van der Waals surface area contributed by atoms with Crippen molar-refractivity contribution in [2.24, 2.45) is 23.7 Å². The number of anilines is 1. The third-order valence-corrected chi connectivity index (χ3v) is 5.16. The lowest BCUT2D eigenvalue weighted by Crippen LogP contribution is -2.36. The summed E-state index contributed by atoms with van der Waals surface area (Å²) in [6.07, 6.45) is 7.47. The van der Waals surface area contributed by atoms with Crippen molar-refractivity contribution in [1.82, 2.24) is 14.8 Å². The summed E-state index contributed by atoms with van der Waals surface area (Å²) in [6, 6.07) is 5.03. The zero-order chi connectivity index (χ0) is 17.6. The van der Waals surface area contributed by atoms with Crippen LogP contribution in [0.1, 0.15) is 6.42 Å². The van der Waals surface area contributed by atoms with E-state index in [0.29, 0.717) is 22.8 Å². The van der Waals surface area contributed by atoms with Crippen molar-refractivity contribution in [3.05, 3.63) is 48.0 Å². The van der Waals surface area contributed by atoms with E-state index < -0.39 is 17.8 Å². The Balaban J connectivity index is 1.64. The minimum atomic E-state index is -0.931. The highest BCUT2D eigenvalue weighted by Crippen LogP contribution is 2.48. The van der Waals surface area contributed by atoms with Gasteiger partial charge in [0.2, 0.25) is 5.91 Å². The lowest BCUT2D eigenvalue weighted by molar-refractivity contribution is -0.146. The van der Waals surface area contributed by atoms with Crippen LogP contribution >= 0.6 is 11.6 Å². The highest BCUT2D eigenvalue weighted by molar-refractivity contribution is 6.31. The fourth-order valence-corrected chi connectivity index (χ4v) is 4.05. The predicted molar refractivity (Wildman–Crippen MR) is 90.4 cm³/mol. The molecule has 4 atom stereocenters. The van der Waals surface area contributed by atoms with Crippen LogP contribution in [0.4, 0.5) is 5.69 Å². The molecule has 25 heavy (non-hydrogen) atoms. The third-order valence-electron chi connectivity index (χ3n) is 4.93. The van der Waals surface area contributed by atoms with Gasteiger partial charge in [-0.1, -0.05) is 23.8 Å². The fourth-order valence-electron chi connectivity index (χ4n) is 3.87. The number of carbonyl (C=O) groups is 2. The second-order valence-electron chi connectivity index (χ2n) is 6.33. The zero-order valence-electron chi connectivity index (χ0n) is 13.0. The molecule has 2 aliphatic rings. The first-order valence-corrected chi connectivity index (χ1v) is 8.29. The zero-order valence-corrected chi connectivity index (χ0v) is 13.8. The van der Waals surface area contributed by atoms with Gasteiger partial charge in [-0.3, -0.25) is 9.59 Å². The van der Waals surface area contributed by atoms with Gasteiger partial charge in [0.1, 0.15) is 12.7 Å². The average Bonchev–Trinajstić information content (AvgIpc) is 3.31. The minimum Gasteiger partial charge on any atom is -0.481 e. The third kappa shape index (κ3) is 2.70.